The van der Waals surface area contributed by atoms with Crippen LogP contribution < -0.4 is 15.4 Å². The van der Waals surface area contributed by atoms with Crippen LogP contribution in [0.2, 0.25) is 0 Å². The van der Waals surface area contributed by atoms with Crippen LogP contribution in [0.5, 0.6) is 5.75 Å². The van der Waals surface area contributed by atoms with E-state index < -0.39 is 0 Å². The van der Waals surface area contributed by atoms with Crippen LogP contribution in [-0.2, 0) is 16.1 Å². The molecular formula is C16H24N2O3. The van der Waals surface area contributed by atoms with Gasteiger partial charge in [-0.25, -0.2) is 0 Å². The van der Waals surface area contributed by atoms with Crippen LogP contribution in [-0.4, -0.2) is 38.8 Å². The smallest absolute Gasteiger partial charge is 0.227 e. The summed E-state index contributed by atoms with van der Waals surface area (Å²) in [6.07, 6.45) is 1.05. The summed E-state index contributed by atoms with van der Waals surface area (Å²) in [4.78, 5) is 12.3. The van der Waals surface area contributed by atoms with Crippen LogP contribution in [0, 0.1) is 5.92 Å². The van der Waals surface area contributed by atoms with Crippen molar-refractivity contribution in [1.29, 1.82) is 0 Å². The molecule has 1 amide bonds. The fraction of sp³-hybridized carbons (Fsp3) is 0.562. The number of hydrogen-bond donors (Lipinski definition) is 2. The number of benzene rings is 1. The molecule has 5 heteroatoms. The van der Waals surface area contributed by atoms with E-state index in [0.29, 0.717) is 19.8 Å². The molecule has 1 aliphatic heterocycles. The number of methoxy groups -OCH3 is 1. The molecule has 1 aliphatic rings. The molecule has 0 saturated carbocycles. The van der Waals surface area contributed by atoms with E-state index in [9.17, 15) is 4.79 Å². The molecule has 2 N–H and O–H groups in total. The van der Waals surface area contributed by atoms with Gasteiger partial charge in [-0.1, -0.05) is 19.1 Å². The Morgan fingerprint density at radius 2 is 2.29 bits per heavy atom. The number of rotatable bonds is 7. The van der Waals surface area contributed by atoms with E-state index >= 15 is 0 Å². The number of carbonyl (C=O) groups excluding carboxylic acids is 1. The highest BCUT2D eigenvalue weighted by Crippen LogP contribution is 2.15. The third-order valence-electron chi connectivity index (χ3n) is 3.67. The number of amides is 1. The van der Waals surface area contributed by atoms with E-state index in [0.717, 1.165) is 24.3 Å². The number of ether oxygens (including phenoxy) is 2. The predicted molar refractivity (Wildman–Crippen MR) is 81.2 cm³/mol. The van der Waals surface area contributed by atoms with E-state index in [1.165, 1.54) is 0 Å². The van der Waals surface area contributed by atoms with Gasteiger partial charge < -0.3 is 20.1 Å². The molecule has 21 heavy (non-hydrogen) atoms. The zero-order chi connectivity index (χ0) is 15.1. The van der Waals surface area contributed by atoms with Crippen LogP contribution in [0.3, 0.4) is 0 Å². The molecule has 5 nitrogen and oxygen atoms in total. The number of nitrogens with one attached hydrogen (secondary N) is 2. The molecule has 116 valence electrons. The fourth-order valence-corrected chi connectivity index (χ4v) is 2.45. The number of hydrogen-bond acceptors (Lipinski definition) is 4. The first kappa shape index (κ1) is 15.8. The summed E-state index contributed by atoms with van der Waals surface area (Å²) in [5, 5.41) is 6.36. The summed E-state index contributed by atoms with van der Waals surface area (Å²) in [7, 11) is 1.64. The van der Waals surface area contributed by atoms with Crippen molar-refractivity contribution in [2.75, 3.05) is 26.9 Å². The Hall–Kier alpha value is -1.59. The van der Waals surface area contributed by atoms with Crippen molar-refractivity contribution in [2.45, 2.75) is 25.9 Å². The van der Waals surface area contributed by atoms with Gasteiger partial charge in [0.1, 0.15) is 5.75 Å². The quantitative estimate of drug-likeness (QED) is 0.796. The maximum atomic E-state index is 12.3. The van der Waals surface area contributed by atoms with Crippen molar-refractivity contribution >= 4 is 5.91 Å². The second-order valence-electron chi connectivity index (χ2n) is 5.27. The van der Waals surface area contributed by atoms with Gasteiger partial charge in [-0.3, -0.25) is 4.79 Å². The normalized spacial score (nSPS) is 21.2. The van der Waals surface area contributed by atoms with E-state index in [1.807, 2.05) is 24.3 Å². The van der Waals surface area contributed by atoms with E-state index in [2.05, 4.69) is 17.6 Å². The van der Waals surface area contributed by atoms with Gasteiger partial charge in [-0.2, -0.15) is 0 Å². The lowest BCUT2D eigenvalue weighted by Gasteiger charge is -2.18. The summed E-state index contributed by atoms with van der Waals surface area (Å²) < 4.78 is 10.6. The lowest BCUT2D eigenvalue weighted by atomic mass is 10.0. The Morgan fingerprint density at radius 3 is 3.05 bits per heavy atom. The summed E-state index contributed by atoms with van der Waals surface area (Å²) in [5.74, 6) is 0.736. The van der Waals surface area contributed by atoms with Gasteiger partial charge in [0, 0.05) is 12.6 Å². The molecule has 0 radical (unpaired) electrons. The highest BCUT2D eigenvalue weighted by atomic mass is 16.5. The Morgan fingerprint density at radius 1 is 1.43 bits per heavy atom. The SMILES string of the molecule is CCCNC1COCC1C(=O)NCc1cccc(OC)c1. The van der Waals surface area contributed by atoms with Crippen LogP contribution in [0.4, 0.5) is 0 Å². The van der Waals surface area contributed by atoms with Gasteiger partial charge in [-0.15, -0.1) is 0 Å². The molecule has 1 aromatic rings. The monoisotopic (exact) mass is 292 g/mol. The lowest BCUT2D eigenvalue weighted by molar-refractivity contribution is -0.125. The second kappa shape index (κ2) is 8.00. The maximum Gasteiger partial charge on any atom is 0.227 e. The molecule has 0 bridgehead atoms. The molecule has 0 aliphatic carbocycles. The Kier molecular flexibility index (Phi) is 6.02. The fourth-order valence-electron chi connectivity index (χ4n) is 2.45. The highest BCUT2D eigenvalue weighted by molar-refractivity contribution is 5.79. The zero-order valence-corrected chi connectivity index (χ0v) is 12.7. The van der Waals surface area contributed by atoms with Gasteiger partial charge in [-0.05, 0) is 30.7 Å². The zero-order valence-electron chi connectivity index (χ0n) is 12.7. The van der Waals surface area contributed by atoms with Crippen molar-refractivity contribution in [2.24, 2.45) is 5.92 Å². The topological polar surface area (TPSA) is 59.6 Å². The van der Waals surface area contributed by atoms with Crippen LogP contribution in [0.25, 0.3) is 0 Å². The third kappa shape index (κ3) is 4.44. The van der Waals surface area contributed by atoms with Crippen molar-refractivity contribution in [3.05, 3.63) is 29.8 Å². The Balaban J connectivity index is 1.85. The summed E-state index contributed by atoms with van der Waals surface area (Å²) in [6, 6.07) is 7.83. The second-order valence-corrected chi connectivity index (χ2v) is 5.27. The molecule has 1 heterocycles. The first-order valence-electron chi connectivity index (χ1n) is 7.46. The summed E-state index contributed by atoms with van der Waals surface area (Å²) >= 11 is 0. The molecule has 2 rings (SSSR count). The van der Waals surface area contributed by atoms with Gasteiger partial charge in [0.2, 0.25) is 5.91 Å². The van der Waals surface area contributed by atoms with Crippen LogP contribution >= 0.6 is 0 Å². The predicted octanol–water partition coefficient (Wildman–Crippen LogP) is 1.33. The standard InChI is InChI=1S/C16H24N2O3/c1-3-7-17-15-11-21-10-14(15)16(19)18-9-12-5-4-6-13(8-12)20-2/h4-6,8,14-15,17H,3,7,9-11H2,1-2H3,(H,18,19). The van der Waals surface area contributed by atoms with E-state index in [1.54, 1.807) is 7.11 Å². The van der Waals surface area contributed by atoms with Crippen molar-refractivity contribution in [3.63, 3.8) is 0 Å². The van der Waals surface area contributed by atoms with Gasteiger partial charge in [0.15, 0.2) is 0 Å². The average Bonchev–Trinajstić information content (AvgIpc) is 2.99. The minimum atomic E-state index is -0.109. The summed E-state index contributed by atoms with van der Waals surface area (Å²) in [5.41, 5.74) is 1.03. The Labute approximate surface area is 126 Å². The van der Waals surface area contributed by atoms with Crippen molar-refractivity contribution in [1.82, 2.24) is 10.6 Å². The van der Waals surface area contributed by atoms with Crippen molar-refractivity contribution < 1.29 is 14.3 Å². The molecule has 2 unspecified atom stereocenters. The van der Waals surface area contributed by atoms with E-state index in [4.69, 9.17) is 9.47 Å². The van der Waals surface area contributed by atoms with Crippen molar-refractivity contribution in [3.8, 4) is 5.75 Å². The van der Waals surface area contributed by atoms with Crippen LogP contribution in [0.15, 0.2) is 24.3 Å². The van der Waals surface area contributed by atoms with Gasteiger partial charge >= 0.3 is 0 Å². The first-order valence-corrected chi connectivity index (χ1v) is 7.46. The van der Waals surface area contributed by atoms with Gasteiger partial charge in [0.05, 0.1) is 26.2 Å². The van der Waals surface area contributed by atoms with Gasteiger partial charge in [0.25, 0.3) is 0 Å². The van der Waals surface area contributed by atoms with Crippen LogP contribution in [0.1, 0.15) is 18.9 Å². The minimum absolute atomic E-state index is 0.0453. The largest absolute Gasteiger partial charge is 0.497 e. The average molecular weight is 292 g/mol. The molecule has 1 saturated heterocycles. The third-order valence-corrected chi connectivity index (χ3v) is 3.67. The molecule has 1 aromatic carbocycles. The molecule has 0 aromatic heterocycles. The number of carbonyl (C=O) groups is 1. The molecule has 1 fully saturated rings. The van der Waals surface area contributed by atoms with E-state index in [-0.39, 0.29) is 17.9 Å². The molecule has 2 atom stereocenters. The Bertz CT molecular complexity index is 465. The first-order chi connectivity index (χ1) is 10.2. The molecule has 0 spiro atoms. The minimum Gasteiger partial charge on any atom is -0.497 e. The maximum absolute atomic E-state index is 12.3. The molecular weight excluding hydrogens is 268 g/mol. The lowest BCUT2D eigenvalue weighted by Crippen LogP contribution is -2.44. The highest BCUT2D eigenvalue weighted by Gasteiger charge is 2.33. The summed E-state index contributed by atoms with van der Waals surface area (Å²) in [6.45, 7) is 4.63.